The normalized spacial score (nSPS) is 13.2. The third-order valence-corrected chi connectivity index (χ3v) is 3.59. The van der Waals surface area contributed by atoms with Crippen molar-refractivity contribution in [3.05, 3.63) is 11.7 Å². The molecule has 17 heavy (non-hydrogen) atoms. The van der Waals surface area contributed by atoms with E-state index in [2.05, 4.69) is 24.0 Å². The first-order valence-corrected chi connectivity index (χ1v) is 7.34. The Hall–Kier alpha value is -0.550. The van der Waals surface area contributed by atoms with Gasteiger partial charge in [-0.1, -0.05) is 32.3 Å². The first-order valence-electron chi connectivity index (χ1n) is 6.19. The number of hydrogen-bond acceptors (Lipinski definition) is 5. The van der Waals surface area contributed by atoms with Crippen molar-refractivity contribution in [3.63, 3.8) is 0 Å². The maximum Gasteiger partial charge on any atom is 0.229 e. The molecule has 1 unspecified atom stereocenters. The standard InChI is InChI=1S/C12H22N2O2S/c1-4-5-10(15)6-12-13-11(14-16-12)8-17-7-9(2)3/h9-10,15H,4-8H2,1-3H3. The molecule has 0 aliphatic carbocycles. The Morgan fingerprint density at radius 1 is 1.41 bits per heavy atom. The highest BCUT2D eigenvalue weighted by molar-refractivity contribution is 7.98. The molecule has 0 aliphatic rings. The highest BCUT2D eigenvalue weighted by Gasteiger charge is 2.11. The molecule has 0 saturated carbocycles. The Kier molecular flexibility index (Phi) is 6.58. The molecule has 5 heteroatoms. The third-order valence-electron chi connectivity index (χ3n) is 2.22. The predicted molar refractivity (Wildman–Crippen MR) is 69.9 cm³/mol. The van der Waals surface area contributed by atoms with Gasteiger partial charge >= 0.3 is 0 Å². The lowest BCUT2D eigenvalue weighted by Crippen LogP contribution is -2.09. The van der Waals surface area contributed by atoms with E-state index in [4.69, 9.17) is 4.52 Å². The smallest absolute Gasteiger partial charge is 0.229 e. The minimum Gasteiger partial charge on any atom is -0.393 e. The van der Waals surface area contributed by atoms with E-state index in [-0.39, 0.29) is 6.10 Å². The average molecular weight is 258 g/mol. The summed E-state index contributed by atoms with van der Waals surface area (Å²) in [5, 5.41) is 13.5. The molecule has 1 N–H and O–H groups in total. The maximum absolute atomic E-state index is 9.63. The van der Waals surface area contributed by atoms with Crippen LogP contribution in [0.2, 0.25) is 0 Å². The third kappa shape index (κ3) is 6.07. The number of aromatic nitrogens is 2. The van der Waals surface area contributed by atoms with Gasteiger partial charge in [0.15, 0.2) is 5.82 Å². The van der Waals surface area contributed by atoms with Crippen molar-refractivity contribution in [2.24, 2.45) is 5.92 Å². The van der Waals surface area contributed by atoms with Crippen molar-refractivity contribution < 1.29 is 9.63 Å². The molecule has 0 radical (unpaired) electrons. The van der Waals surface area contributed by atoms with Gasteiger partial charge in [0.2, 0.25) is 5.89 Å². The summed E-state index contributed by atoms with van der Waals surface area (Å²) in [6, 6.07) is 0. The van der Waals surface area contributed by atoms with Crippen molar-refractivity contribution in [2.75, 3.05) is 5.75 Å². The van der Waals surface area contributed by atoms with Gasteiger partial charge in [-0.3, -0.25) is 0 Å². The van der Waals surface area contributed by atoms with Gasteiger partial charge in [-0.15, -0.1) is 0 Å². The molecule has 1 heterocycles. The Labute approximate surface area is 107 Å². The van der Waals surface area contributed by atoms with Gasteiger partial charge < -0.3 is 9.63 Å². The van der Waals surface area contributed by atoms with Crippen LogP contribution in [0.25, 0.3) is 0 Å². The van der Waals surface area contributed by atoms with Gasteiger partial charge in [-0.25, -0.2) is 0 Å². The molecule has 4 nitrogen and oxygen atoms in total. The number of nitrogens with zero attached hydrogens (tertiary/aromatic N) is 2. The van der Waals surface area contributed by atoms with Crippen molar-refractivity contribution in [3.8, 4) is 0 Å². The summed E-state index contributed by atoms with van der Waals surface area (Å²) in [7, 11) is 0. The molecule has 98 valence electrons. The van der Waals surface area contributed by atoms with Gasteiger partial charge in [0.25, 0.3) is 0 Å². The van der Waals surface area contributed by atoms with E-state index < -0.39 is 0 Å². The van der Waals surface area contributed by atoms with Gasteiger partial charge in [-0.05, 0) is 18.1 Å². The Morgan fingerprint density at radius 2 is 2.18 bits per heavy atom. The SMILES string of the molecule is CCCC(O)Cc1nc(CSCC(C)C)no1. The topological polar surface area (TPSA) is 59.2 Å². The molecule has 1 aromatic rings. The zero-order valence-electron chi connectivity index (χ0n) is 10.8. The summed E-state index contributed by atoms with van der Waals surface area (Å²) < 4.78 is 5.10. The van der Waals surface area contributed by atoms with E-state index in [9.17, 15) is 5.11 Å². The number of aliphatic hydroxyl groups is 1. The first-order chi connectivity index (χ1) is 8.11. The quantitative estimate of drug-likeness (QED) is 0.777. The molecule has 0 spiro atoms. The molecule has 0 fully saturated rings. The fourth-order valence-electron chi connectivity index (χ4n) is 1.45. The molecule has 0 bridgehead atoms. The van der Waals surface area contributed by atoms with E-state index in [1.54, 1.807) is 0 Å². The van der Waals surface area contributed by atoms with Crippen LogP contribution < -0.4 is 0 Å². The number of aliphatic hydroxyl groups excluding tert-OH is 1. The van der Waals surface area contributed by atoms with Crippen LogP contribution >= 0.6 is 11.8 Å². The summed E-state index contributed by atoms with van der Waals surface area (Å²) in [6.45, 7) is 6.43. The van der Waals surface area contributed by atoms with Crippen LogP contribution in [0, 0.1) is 5.92 Å². The number of rotatable bonds is 8. The number of thioether (sulfide) groups is 1. The van der Waals surface area contributed by atoms with Crippen LogP contribution in [0.3, 0.4) is 0 Å². The van der Waals surface area contributed by atoms with E-state index in [1.807, 2.05) is 18.7 Å². The average Bonchev–Trinajstić information content (AvgIpc) is 2.65. The monoisotopic (exact) mass is 258 g/mol. The van der Waals surface area contributed by atoms with Crippen LogP contribution in [0.4, 0.5) is 0 Å². The Balaban J connectivity index is 2.32. The van der Waals surface area contributed by atoms with Crippen molar-refractivity contribution in [1.82, 2.24) is 10.1 Å². The van der Waals surface area contributed by atoms with Gasteiger partial charge in [0.1, 0.15) is 0 Å². The summed E-state index contributed by atoms with van der Waals surface area (Å²) >= 11 is 1.81. The van der Waals surface area contributed by atoms with E-state index in [0.29, 0.717) is 18.2 Å². The molecular weight excluding hydrogens is 236 g/mol. The summed E-state index contributed by atoms with van der Waals surface area (Å²) in [5.41, 5.74) is 0. The van der Waals surface area contributed by atoms with Crippen molar-refractivity contribution in [2.45, 2.75) is 51.9 Å². The Morgan fingerprint density at radius 3 is 2.82 bits per heavy atom. The van der Waals surface area contributed by atoms with Crippen LogP contribution in [-0.4, -0.2) is 27.1 Å². The second-order valence-electron chi connectivity index (χ2n) is 4.66. The second-order valence-corrected chi connectivity index (χ2v) is 5.69. The zero-order valence-corrected chi connectivity index (χ0v) is 11.7. The van der Waals surface area contributed by atoms with E-state index in [0.717, 1.165) is 30.2 Å². The molecule has 1 aromatic heterocycles. The largest absolute Gasteiger partial charge is 0.393 e. The summed E-state index contributed by atoms with van der Waals surface area (Å²) in [6.07, 6.45) is 1.85. The molecule has 0 aliphatic heterocycles. The Bertz CT molecular complexity index is 315. The molecule has 0 saturated heterocycles. The molecule has 0 amide bonds. The first kappa shape index (κ1) is 14.5. The van der Waals surface area contributed by atoms with Crippen molar-refractivity contribution in [1.29, 1.82) is 0 Å². The fraction of sp³-hybridized carbons (Fsp3) is 0.833. The minimum atomic E-state index is -0.364. The lowest BCUT2D eigenvalue weighted by atomic mass is 10.1. The highest BCUT2D eigenvalue weighted by Crippen LogP contribution is 2.14. The minimum absolute atomic E-state index is 0.364. The van der Waals surface area contributed by atoms with Gasteiger partial charge in [0.05, 0.1) is 18.3 Å². The highest BCUT2D eigenvalue weighted by atomic mass is 32.2. The van der Waals surface area contributed by atoms with Crippen LogP contribution in [-0.2, 0) is 12.2 Å². The van der Waals surface area contributed by atoms with Crippen LogP contribution in [0.15, 0.2) is 4.52 Å². The van der Waals surface area contributed by atoms with Crippen molar-refractivity contribution >= 4 is 11.8 Å². The van der Waals surface area contributed by atoms with Gasteiger partial charge in [0, 0.05) is 0 Å². The summed E-state index contributed by atoms with van der Waals surface area (Å²) in [4.78, 5) is 4.27. The zero-order chi connectivity index (χ0) is 12.7. The van der Waals surface area contributed by atoms with E-state index in [1.165, 1.54) is 0 Å². The lowest BCUT2D eigenvalue weighted by molar-refractivity contribution is 0.151. The molecule has 1 atom stereocenters. The lowest BCUT2D eigenvalue weighted by Gasteiger charge is -2.04. The van der Waals surface area contributed by atoms with E-state index >= 15 is 0 Å². The molecule has 0 aromatic carbocycles. The predicted octanol–water partition coefficient (Wildman–Crippen LogP) is 2.66. The second kappa shape index (κ2) is 7.71. The van der Waals surface area contributed by atoms with Crippen LogP contribution in [0.1, 0.15) is 45.3 Å². The summed E-state index contributed by atoms with van der Waals surface area (Å²) in [5.74, 6) is 3.84. The molecule has 1 rings (SSSR count). The molecular formula is C12H22N2O2S. The fourth-order valence-corrected chi connectivity index (χ4v) is 2.34. The van der Waals surface area contributed by atoms with Gasteiger partial charge in [-0.2, -0.15) is 16.7 Å². The number of hydrogen-bond donors (Lipinski definition) is 1. The maximum atomic E-state index is 9.63. The van der Waals surface area contributed by atoms with Crippen LogP contribution in [0.5, 0.6) is 0 Å².